The SMILES string of the molecule is [N-]=[N+]=NC1CC(N=[N+]=[N-])C(O)C1O. The van der Waals surface area contributed by atoms with Crippen LogP contribution in [-0.4, -0.2) is 34.5 Å². The average molecular weight is 184 g/mol. The summed E-state index contributed by atoms with van der Waals surface area (Å²) in [5.41, 5.74) is 16.2. The summed E-state index contributed by atoms with van der Waals surface area (Å²) in [5.74, 6) is 0. The van der Waals surface area contributed by atoms with Gasteiger partial charge in [0, 0.05) is 9.82 Å². The number of aliphatic hydroxyl groups excluding tert-OH is 2. The molecule has 4 unspecified atom stereocenters. The molecular formula is C5H8N6O2. The molecule has 70 valence electrons. The molecule has 1 aliphatic carbocycles. The first-order chi connectivity index (χ1) is 6.20. The van der Waals surface area contributed by atoms with Crippen molar-refractivity contribution in [1.29, 1.82) is 0 Å². The van der Waals surface area contributed by atoms with Crippen LogP contribution in [0.25, 0.3) is 20.9 Å². The minimum absolute atomic E-state index is 0.177. The first-order valence-electron chi connectivity index (χ1n) is 3.65. The molecule has 1 aliphatic rings. The van der Waals surface area contributed by atoms with Crippen LogP contribution in [0.5, 0.6) is 0 Å². The van der Waals surface area contributed by atoms with Crippen molar-refractivity contribution in [3.05, 3.63) is 20.9 Å². The maximum atomic E-state index is 9.29. The van der Waals surface area contributed by atoms with Crippen molar-refractivity contribution in [2.45, 2.75) is 30.7 Å². The number of azide groups is 2. The quantitative estimate of drug-likeness (QED) is 0.366. The van der Waals surface area contributed by atoms with Crippen molar-refractivity contribution in [3.63, 3.8) is 0 Å². The minimum Gasteiger partial charge on any atom is -0.390 e. The molecule has 1 saturated carbocycles. The van der Waals surface area contributed by atoms with Gasteiger partial charge in [0.2, 0.25) is 0 Å². The third-order valence-electron chi connectivity index (χ3n) is 2.02. The number of aliphatic hydroxyl groups is 2. The van der Waals surface area contributed by atoms with Crippen LogP contribution in [0.2, 0.25) is 0 Å². The Balaban J connectivity index is 2.76. The van der Waals surface area contributed by atoms with E-state index in [2.05, 4.69) is 20.1 Å². The Labute approximate surface area is 73.0 Å². The normalized spacial score (nSPS) is 37.7. The fraction of sp³-hybridized carbons (Fsp3) is 1.00. The highest BCUT2D eigenvalue weighted by Crippen LogP contribution is 2.26. The Hall–Kier alpha value is -1.46. The van der Waals surface area contributed by atoms with Crippen LogP contribution in [-0.2, 0) is 0 Å². The zero-order valence-electron chi connectivity index (χ0n) is 6.59. The van der Waals surface area contributed by atoms with Crippen molar-refractivity contribution in [3.8, 4) is 0 Å². The third kappa shape index (κ3) is 1.82. The molecule has 0 radical (unpaired) electrons. The van der Waals surface area contributed by atoms with E-state index in [1.807, 2.05) is 0 Å². The molecule has 0 saturated heterocycles. The second-order valence-corrected chi connectivity index (χ2v) is 2.76. The molecule has 2 N–H and O–H groups in total. The second kappa shape index (κ2) is 3.97. The van der Waals surface area contributed by atoms with E-state index in [1.165, 1.54) is 0 Å². The molecular weight excluding hydrogens is 176 g/mol. The summed E-state index contributed by atoms with van der Waals surface area (Å²) in [6.07, 6.45) is -2.12. The number of nitrogens with zero attached hydrogens (tertiary/aromatic N) is 6. The molecule has 0 aromatic carbocycles. The van der Waals surface area contributed by atoms with Crippen LogP contribution in [0.3, 0.4) is 0 Å². The van der Waals surface area contributed by atoms with E-state index < -0.39 is 24.3 Å². The van der Waals surface area contributed by atoms with E-state index in [1.54, 1.807) is 0 Å². The van der Waals surface area contributed by atoms with Gasteiger partial charge in [0.05, 0.1) is 24.3 Å². The van der Waals surface area contributed by atoms with E-state index >= 15 is 0 Å². The maximum absolute atomic E-state index is 9.29. The summed E-state index contributed by atoms with van der Waals surface area (Å²) in [4.78, 5) is 5.03. The fourth-order valence-electron chi connectivity index (χ4n) is 1.35. The van der Waals surface area contributed by atoms with Gasteiger partial charge in [-0.25, -0.2) is 0 Å². The lowest BCUT2D eigenvalue weighted by atomic mass is 10.2. The van der Waals surface area contributed by atoms with E-state index in [-0.39, 0.29) is 6.42 Å². The molecule has 1 fully saturated rings. The first kappa shape index (κ1) is 9.63. The highest BCUT2D eigenvalue weighted by atomic mass is 16.3. The average Bonchev–Trinajstić information content (AvgIpc) is 2.36. The predicted octanol–water partition coefficient (Wildman–Crippen LogP) is 0.470. The Kier molecular flexibility index (Phi) is 2.94. The number of hydrogen-bond acceptors (Lipinski definition) is 4. The third-order valence-corrected chi connectivity index (χ3v) is 2.02. The van der Waals surface area contributed by atoms with E-state index in [4.69, 9.17) is 11.1 Å². The molecule has 13 heavy (non-hydrogen) atoms. The van der Waals surface area contributed by atoms with Gasteiger partial charge >= 0.3 is 0 Å². The largest absolute Gasteiger partial charge is 0.390 e. The van der Waals surface area contributed by atoms with E-state index in [0.717, 1.165) is 0 Å². The van der Waals surface area contributed by atoms with Crippen molar-refractivity contribution in [2.24, 2.45) is 10.2 Å². The number of hydrogen-bond donors (Lipinski definition) is 2. The minimum atomic E-state index is -1.15. The monoisotopic (exact) mass is 184 g/mol. The summed E-state index contributed by atoms with van der Waals surface area (Å²) in [5, 5.41) is 25.1. The van der Waals surface area contributed by atoms with Gasteiger partial charge < -0.3 is 10.2 Å². The molecule has 0 aliphatic heterocycles. The van der Waals surface area contributed by atoms with Gasteiger partial charge in [0.1, 0.15) is 0 Å². The van der Waals surface area contributed by atoms with Crippen molar-refractivity contribution >= 4 is 0 Å². The molecule has 0 aromatic rings. The Morgan fingerprint density at radius 3 is 1.69 bits per heavy atom. The molecule has 8 heteroatoms. The van der Waals surface area contributed by atoms with Crippen LogP contribution in [0.1, 0.15) is 6.42 Å². The Morgan fingerprint density at radius 2 is 1.38 bits per heavy atom. The first-order valence-corrected chi connectivity index (χ1v) is 3.65. The number of rotatable bonds is 2. The molecule has 0 amide bonds. The summed E-state index contributed by atoms with van der Waals surface area (Å²) in [7, 11) is 0. The van der Waals surface area contributed by atoms with E-state index in [0.29, 0.717) is 0 Å². The zero-order valence-corrected chi connectivity index (χ0v) is 6.59. The molecule has 4 atom stereocenters. The van der Waals surface area contributed by atoms with Gasteiger partial charge in [-0.05, 0) is 17.5 Å². The van der Waals surface area contributed by atoms with Gasteiger partial charge in [-0.3, -0.25) is 0 Å². The topological polar surface area (TPSA) is 138 Å². The molecule has 1 rings (SSSR count). The summed E-state index contributed by atoms with van der Waals surface area (Å²) < 4.78 is 0. The fourth-order valence-corrected chi connectivity index (χ4v) is 1.35. The van der Waals surface area contributed by atoms with Gasteiger partial charge in [-0.2, -0.15) is 0 Å². The van der Waals surface area contributed by atoms with Crippen molar-refractivity contribution in [1.82, 2.24) is 0 Å². The van der Waals surface area contributed by atoms with Crippen LogP contribution >= 0.6 is 0 Å². The smallest absolute Gasteiger partial charge is 0.0887 e. The van der Waals surface area contributed by atoms with Crippen LogP contribution < -0.4 is 0 Å². The van der Waals surface area contributed by atoms with Crippen LogP contribution in [0.15, 0.2) is 10.2 Å². The predicted molar refractivity (Wildman–Crippen MR) is 42.5 cm³/mol. The Morgan fingerprint density at radius 1 is 1.00 bits per heavy atom. The highest BCUT2D eigenvalue weighted by molar-refractivity contribution is 4.99. The van der Waals surface area contributed by atoms with Crippen LogP contribution in [0, 0.1) is 0 Å². The lowest BCUT2D eigenvalue weighted by Gasteiger charge is -2.11. The van der Waals surface area contributed by atoms with Gasteiger partial charge in [-0.1, -0.05) is 10.2 Å². The summed E-state index contributed by atoms with van der Waals surface area (Å²) in [6.45, 7) is 0. The Bertz CT molecular complexity index is 253. The standard InChI is InChI=1S/C5H8N6O2/c6-10-8-2-1-3(9-11-7)5(13)4(2)12/h2-5,12-13H,1H2. The van der Waals surface area contributed by atoms with Crippen molar-refractivity contribution in [2.75, 3.05) is 0 Å². The second-order valence-electron chi connectivity index (χ2n) is 2.76. The molecule has 0 spiro atoms. The van der Waals surface area contributed by atoms with Gasteiger partial charge in [-0.15, -0.1) is 0 Å². The molecule has 0 bridgehead atoms. The van der Waals surface area contributed by atoms with Crippen molar-refractivity contribution < 1.29 is 10.2 Å². The lowest BCUT2D eigenvalue weighted by molar-refractivity contribution is 0.0298. The van der Waals surface area contributed by atoms with Crippen LogP contribution in [0.4, 0.5) is 0 Å². The maximum Gasteiger partial charge on any atom is 0.0887 e. The summed E-state index contributed by atoms with van der Waals surface area (Å²) in [6, 6.07) is -1.43. The molecule has 8 nitrogen and oxygen atoms in total. The molecule has 0 heterocycles. The van der Waals surface area contributed by atoms with Gasteiger partial charge in [0.25, 0.3) is 0 Å². The lowest BCUT2D eigenvalue weighted by Crippen LogP contribution is -2.30. The van der Waals surface area contributed by atoms with E-state index in [9.17, 15) is 10.2 Å². The zero-order chi connectivity index (χ0) is 9.84. The van der Waals surface area contributed by atoms with Gasteiger partial charge in [0.15, 0.2) is 0 Å². The molecule has 0 aromatic heterocycles. The summed E-state index contributed by atoms with van der Waals surface area (Å²) >= 11 is 0. The highest BCUT2D eigenvalue weighted by Gasteiger charge is 2.40.